The highest BCUT2D eigenvalue weighted by Crippen LogP contribution is 2.22. The van der Waals surface area contributed by atoms with Gasteiger partial charge in [-0.2, -0.15) is 0 Å². The molecule has 0 bridgehead atoms. The number of nitrogens with zero attached hydrogens (tertiary/aromatic N) is 3. The van der Waals surface area contributed by atoms with Crippen LogP contribution in [0.2, 0.25) is 4.34 Å². The van der Waals surface area contributed by atoms with Gasteiger partial charge < -0.3 is 14.8 Å². The number of sulfone groups is 1. The van der Waals surface area contributed by atoms with Gasteiger partial charge in [0.15, 0.2) is 9.84 Å². The molecule has 1 saturated heterocycles. The number of halogens is 1. The number of carbonyl (C=O) groups excluding carboxylic acids is 2. The van der Waals surface area contributed by atoms with Crippen molar-refractivity contribution in [1.29, 1.82) is 0 Å². The summed E-state index contributed by atoms with van der Waals surface area (Å²) in [5.74, 6) is -1.11. The van der Waals surface area contributed by atoms with Crippen molar-refractivity contribution in [3.05, 3.63) is 63.8 Å². The Morgan fingerprint density at radius 2 is 1.90 bits per heavy atom. The molecule has 1 fully saturated rings. The van der Waals surface area contributed by atoms with Gasteiger partial charge in [-0.3, -0.25) is 9.59 Å². The number of thiophene rings is 1. The fourth-order valence-electron chi connectivity index (χ4n) is 3.06. The summed E-state index contributed by atoms with van der Waals surface area (Å²) >= 11 is 7.06. The van der Waals surface area contributed by atoms with Gasteiger partial charge in [0.2, 0.25) is 5.91 Å². The molecule has 2 amide bonds. The Kier molecular flexibility index (Phi) is 5.63. The van der Waals surface area contributed by atoms with Crippen molar-refractivity contribution in [2.24, 2.45) is 0 Å². The molecule has 0 aliphatic carbocycles. The van der Waals surface area contributed by atoms with Crippen LogP contribution in [0.25, 0.3) is 5.69 Å². The number of imidazole rings is 1. The molecular weight excluding hydrogens is 448 g/mol. The number of rotatable bonds is 5. The molecule has 1 aliphatic rings. The Balaban J connectivity index is 1.40. The summed E-state index contributed by atoms with van der Waals surface area (Å²) in [5.41, 5.74) is 2.17. The maximum atomic E-state index is 12.1. The molecular formula is C19H17ClN4O4S2. The molecule has 156 valence electrons. The van der Waals surface area contributed by atoms with E-state index in [0.717, 1.165) is 5.69 Å². The maximum Gasteiger partial charge on any atom is 0.261 e. The Morgan fingerprint density at radius 3 is 2.57 bits per heavy atom. The number of anilines is 1. The Morgan fingerprint density at radius 1 is 1.17 bits per heavy atom. The van der Waals surface area contributed by atoms with Crippen LogP contribution in [0.4, 0.5) is 5.69 Å². The van der Waals surface area contributed by atoms with Gasteiger partial charge in [0.25, 0.3) is 5.91 Å². The highest BCUT2D eigenvalue weighted by Gasteiger charge is 2.29. The van der Waals surface area contributed by atoms with E-state index in [0.29, 0.717) is 20.6 Å². The average molecular weight is 465 g/mol. The average Bonchev–Trinajstić information content (AvgIpc) is 3.35. The monoisotopic (exact) mass is 464 g/mol. The lowest BCUT2D eigenvalue weighted by molar-refractivity contribution is -0.116. The molecule has 2 aromatic heterocycles. The minimum absolute atomic E-state index is 0.0330. The molecule has 0 atom stereocenters. The second-order valence-electron chi connectivity index (χ2n) is 6.71. The van der Waals surface area contributed by atoms with Gasteiger partial charge in [0.1, 0.15) is 5.75 Å². The second kappa shape index (κ2) is 8.21. The van der Waals surface area contributed by atoms with Crippen LogP contribution in [0.3, 0.4) is 0 Å². The fraction of sp³-hybridized carbons (Fsp3) is 0.211. The SMILES string of the molecule is O=C(NCc1cn(-c2ccc(N3CCS(=O)(=O)CC3=O)cc2)cn1)c1ccc(Cl)s1. The number of hydrogen-bond acceptors (Lipinski definition) is 6. The summed E-state index contributed by atoms with van der Waals surface area (Å²) in [6.07, 6.45) is 3.44. The molecule has 8 nitrogen and oxygen atoms in total. The normalized spacial score (nSPS) is 15.9. The lowest BCUT2D eigenvalue weighted by atomic mass is 10.2. The Bertz CT molecular complexity index is 1200. The van der Waals surface area contributed by atoms with Crippen LogP contribution in [0.5, 0.6) is 0 Å². The van der Waals surface area contributed by atoms with Crippen LogP contribution in [0.15, 0.2) is 48.9 Å². The van der Waals surface area contributed by atoms with Crippen molar-refractivity contribution in [3.8, 4) is 5.69 Å². The molecule has 1 aromatic carbocycles. The second-order valence-corrected chi connectivity index (χ2v) is 10.6. The smallest absolute Gasteiger partial charge is 0.261 e. The first-order valence-electron chi connectivity index (χ1n) is 8.98. The summed E-state index contributed by atoms with van der Waals surface area (Å²) in [6.45, 7) is 0.432. The van der Waals surface area contributed by atoms with Gasteiger partial charge >= 0.3 is 0 Å². The van der Waals surface area contributed by atoms with Gasteiger partial charge in [-0.1, -0.05) is 11.6 Å². The molecule has 1 aliphatic heterocycles. The van der Waals surface area contributed by atoms with E-state index in [9.17, 15) is 18.0 Å². The van der Waals surface area contributed by atoms with E-state index in [1.807, 2.05) is 12.1 Å². The predicted octanol–water partition coefficient (Wildman–Crippen LogP) is 2.28. The van der Waals surface area contributed by atoms with E-state index < -0.39 is 21.5 Å². The van der Waals surface area contributed by atoms with Gasteiger partial charge in [0, 0.05) is 24.1 Å². The van der Waals surface area contributed by atoms with Crippen LogP contribution < -0.4 is 10.2 Å². The molecule has 1 N–H and O–H groups in total. The highest BCUT2D eigenvalue weighted by atomic mass is 35.5. The molecule has 0 spiro atoms. The molecule has 3 heterocycles. The lowest BCUT2D eigenvalue weighted by Gasteiger charge is -2.26. The van der Waals surface area contributed by atoms with Crippen LogP contribution in [-0.2, 0) is 21.2 Å². The van der Waals surface area contributed by atoms with Crippen molar-refractivity contribution in [2.45, 2.75) is 6.54 Å². The van der Waals surface area contributed by atoms with Crippen LogP contribution in [-0.4, -0.2) is 47.8 Å². The minimum Gasteiger partial charge on any atom is -0.346 e. The predicted molar refractivity (Wildman–Crippen MR) is 115 cm³/mol. The number of hydrogen-bond donors (Lipinski definition) is 1. The zero-order valence-electron chi connectivity index (χ0n) is 15.6. The first-order valence-corrected chi connectivity index (χ1v) is 12.0. The molecule has 0 radical (unpaired) electrons. The van der Waals surface area contributed by atoms with Gasteiger partial charge in [-0.25, -0.2) is 13.4 Å². The topological polar surface area (TPSA) is 101 Å². The Hall–Kier alpha value is -2.69. The van der Waals surface area contributed by atoms with E-state index in [1.54, 1.807) is 41.4 Å². The molecule has 0 unspecified atom stereocenters. The number of aromatic nitrogens is 2. The summed E-state index contributed by atoms with van der Waals surface area (Å²) in [7, 11) is -3.29. The maximum absolute atomic E-state index is 12.1. The number of nitrogens with one attached hydrogen (secondary N) is 1. The summed E-state index contributed by atoms with van der Waals surface area (Å²) in [6, 6.07) is 10.5. The van der Waals surface area contributed by atoms with Gasteiger partial charge in [-0.15, -0.1) is 11.3 Å². The molecule has 4 rings (SSSR count). The molecule has 30 heavy (non-hydrogen) atoms. The van der Waals surface area contributed by atoms with Crippen molar-refractivity contribution < 1.29 is 18.0 Å². The Labute approximate surface area is 182 Å². The van der Waals surface area contributed by atoms with Gasteiger partial charge in [-0.05, 0) is 36.4 Å². The van der Waals surface area contributed by atoms with Crippen molar-refractivity contribution in [3.63, 3.8) is 0 Å². The molecule has 11 heteroatoms. The van der Waals surface area contributed by atoms with Crippen molar-refractivity contribution in [2.75, 3.05) is 23.0 Å². The van der Waals surface area contributed by atoms with Crippen molar-refractivity contribution >= 4 is 50.3 Å². The van der Waals surface area contributed by atoms with E-state index in [-0.39, 0.29) is 24.7 Å². The number of amides is 2. The third-order valence-corrected chi connectivity index (χ3v) is 7.31. The minimum atomic E-state index is -3.29. The molecule has 0 saturated carbocycles. The van der Waals surface area contributed by atoms with Crippen LogP contribution in [0, 0.1) is 0 Å². The zero-order chi connectivity index (χ0) is 21.3. The highest BCUT2D eigenvalue weighted by molar-refractivity contribution is 7.92. The fourth-order valence-corrected chi connectivity index (χ4v) is 5.16. The first kappa shape index (κ1) is 20.6. The molecule has 3 aromatic rings. The van der Waals surface area contributed by atoms with Gasteiger partial charge in [0.05, 0.1) is 33.5 Å². The van der Waals surface area contributed by atoms with E-state index >= 15 is 0 Å². The van der Waals surface area contributed by atoms with Crippen LogP contribution in [0.1, 0.15) is 15.4 Å². The zero-order valence-corrected chi connectivity index (χ0v) is 18.0. The number of carbonyl (C=O) groups is 2. The largest absolute Gasteiger partial charge is 0.346 e. The standard InChI is InChI=1S/C19H17ClN4O4S2/c20-17-6-5-16(29-17)19(26)21-9-13-10-23(12-22-13)14-1-3-15(4-2-14)24-7-8-30(27,28)11-18(24)25/h1-6,10,12H,7-9,11H2,(H,21,26). The van der Waals surface area contributed by atoms with E-state index in [4.69, 9.17) is 11.6 Å². The summed E-state index contributed by atoms with van der Waals surface area (Å²) < 4.78 is 25.5. The number of benzene rings is 1. The quantitative estimate of drug-likeness (QED) is 0.624. The van der Waals surface area contributed by atoms with E-state index in [2.05, 4.69) is 10.3 Å². The third kappa shape index (κ3) is 4.55. The summed E-state index contributed by atoms with van der Waals surface area (Å²) in [4.78, 5) is 30.5. The summed E-state index contributed by atoms with van der Waals surface area (Å²) in [5, 5.41) is 2.80. The third-order valence-electron chi connectivity index (χ3n) is 4.59. The first-order chi connectivity index (χ1) is 14.3. The lowest BCUT2D eigenvalue weighted by Crippen LogP contribution is -2.45. The van der Waals surface area contributed by atoms with Crippen molar-refractivity contribution in [1.82, 2.24) is 14.9 Å². The van der Waals surface area contributed by atoms with Crippen LogP contribution >= 0.6 is 22.9 Å². The van der Waals surface area contributed by atoms with E-state index in [1.165, 1.54) is 16.2 Å².